The van der Waals surface area contributed by atoms with Gasteiger partial charge in [-0.3, -0.25) is 0 Å². The number of nitrogens with one attached hydrogen (secondary N) is 1. The molecule has 1 aromatic heterocycles. The summed E-state index contributed by atoms with van der Waals surface area (Å²) in [5.41, 5.74) is 7.16. The Balaban J connectivity index is 1.97. The lowest BCUT2D eigenvalue weighted by Gasteiger charge is -2.31. The Bertz CT molecular complexity index is 615. The van der Waals surface area contributed by atoms with Gasteiger partial charge in [-0.25, -0.2) is 4.98 Å². The minimum Gasteiger partial charge on any atom is -0.383 e. The second-order valence-corrected chi connectivity index (χ2v) is 6.19. The van der Waals surface area contributed by atoms with Gasteiger partial charge >= 0.3 is 0 Å². The number of pyridine rings is 1. The Morgan fingerprint density at radius 2 is 2.00 bits per heavy atom. The summed E-state index contributed by atoms with van der Waals surface area (Å²) in [5, 5.41) is 5.93. The Morgan fingerprint density at radius 3 is 2.71 bits per heavy atom. The van der Waals surface area contributed by atoms with Crippen molar-refractivity contribution in [2.24, 2.45) is 5.73 Å². The fourth-order valence-corrected chi connectivity index (χ4v) is 2.94. The second kappa shape index (κ2) is 5.90. The van der Waals surface area contributed by atoms with E-state index in [1.54, 1.807) is 0 Å². The van der Waals surface area contributed by atoms with Crippen molar-refractivity contribution in [1.82, 2.24) is 4.98 Å². The summed E-state index contributed by atoms with van der Waals surface area (Å²) in [6.07, 6.45) is 3.99. The molecule has 3 rings (SSSR count). The Kier molecular flexibility index (Phi) is 3.97. The molecule has 4 nitrogen and oxygen atoms in total. The van der Waals surface area contributed by atoms with Gasteiger partial charge in [-0.05, 0) is 50.3 Å². The van der Waals surface area contributed by atoms with Crippen LogP contribution >= 0.6 is 0 Å². The van der Waals surface area contributed by atoms with Crippen molar-refractivity contribution in [1.29, 1.82) is 0 Å². The van der Waals surface area contributed by atoms with Crippen LogP contribution < -0.4 is 16.0 Å². The zero-order valence-corrected chi connectivity index (χ0v) is 12.8. The van der Waals surface area contributed by atoms with Crippen LogP contribution in [0.4, 0.5) is 11.5 Å². The molecule has 1 aliphatic heterocycles. The standard InChI is InChI=1S/C17H24N4/c1-12(2)20-15-4-3-13-5-8-19-17(16(13)11-15)21-9-6-14(18)7-10-21/h3-5,8,11-12,14,20H,6-7,9-10,18H2,1-2H3. The van der Waals surface area contributed by atoms with Crippen molar-refractivity contribution >= 4 is 22.3 Å². The highest BCUT2D eigenvalue weighted by atomic mass is 15.2. The van der Waals surface area contributed by atoms with Crippen molar-refractivity contribution in [3.63, 3.8) is 0 Å². The van der Waals surface area contributed by atoms with E-state index in [2.05, 4.69) is 53.3 Å². The van der Waals surface area contributed by atoms with E-state index in [-0.39, 0.29) is 0 Å². The van der Waals surface area contributed by atoms with Gasteiger partial charge in [0.2, 0.25) is 0 Å². The zero-order chi connectivity index (χ0) is 14.8. The van der Waals surface area contributed by atoms with E-state index in [9.17, 15) is 0 Å². The SMILES string of the molecule is CC(C)Nc1ccc2ccnc(N3CCC(N)CC3)c2c1. The van der Waals surface area contributed by atoms with E-state index < -0.39 is 0 Å². The summed E-state index contributed by atoms with van der Waals surface area (Å²) in [5.74, 6) is 1.09. The molecule has 0 aliphatic carbocycles. The van der Waals surface area contributed by atoms with Gasteiger partial charge in [0.25, 0.3) is 0 Å². The van der Waals surface area contributed by atoms with Crippen LogP contribution in [-0.2, 0) is 0 Å². The molecule has 1 aromatic carbocycles. The topological polar surface area (TPSA) is 54.2 Å². The molecule has 3 N–H and O–H groups in total. The highest BCUT2D eigenvalue weighted by Crippen LogP contribution is 2.29. The quantitative estimate of drug-likeness (QED) is 0.910. The van der Waals surface area contributed by atoms with E-state index in [1.807, 2.05) is 6.20 Å². The highest BCUT2D eigenvalue weighted by molar-refractivity contribution is 5.94. The van der Waals surface area contributed by atoms with Crippen molar-refractivity contribution < 1.29 is 0 Å². The van der Waals surface area contributed by atoms with Gasteiger partial charge < -0.3 is 16.0 Å². The Morgan fingerprint density at radius 1 is 1.24 bits per heavy atom. The van der Waals surface area contributed by atoms with Crippen molar-refractivity contribution in [2.45, 2.75) is 38.8 Å². The number of nitrogens with zero attached hydrogens (tertiary/aromatic N) is 2. The third-order valence-corrected chi connectivity index (χ3v) is 4.04. The first-order valence-electron chi connectivity index (χ1n) is 7.79. The van der Waals surface area contributed by atoms with Crippen molar-refractivity contribution in [3.05, 3.63) is 30.5 Å². The third kappa shape index (κ3) is 3.10. The monoisotopic (exact) mass is 284 g/mol. The van der Waals surface area contributed by atoms with E-state index in [0.717, 1.165) is 37.4 Å². The molecular formula is C17H24N4. The van der Waals surface area contributed by atoms with E-state index in [4.69, 9.17) is 5.73 Å². The molecule has 0 unspecified atom stereocenters. The Hall–Kier alpha value is -1.81. The predicted molar refractivity (Wildman–Crippen MR) is 89.9 cm³/mol. The summed E-state index contributed by atoms with van der Waals surface area (Å²) in [6.45, 7) is 6.30. The van der Waals surface area contributed by atoms with Gasteiger partial charge in [0.1, 0.15) is 5.82 Å². The van der Waals surface area contributed by atoms with Gasteiger partial charge in [-0.1, -0.05) is 6.07 Å². The number of hydrogen-bond acceptors (Lipinski definition) is 4. The van der Waals surface area contributed by atoms with Crippen LogP contribution in [0.15, 0.2) is 30.5 Å². The summed E-state index contributed by atoms with van der Waals surface area (Å²) in [4.78, 5) is 7.00. The average Bonchev–Trinajstić information content (AvgIpc) is 2.47. The molecule has 21 heavy (non-hydrogen) atoms. The second-order valence-electron chi connectivity index (χ2n) is 6.19. The lowest BCUT2D eigenvalue weighted by molar-refractivity contribution is 0.499. The van der Waals surface area contributed by atoms with Crippen LogP contribution in [0.1, 0.15) is 26.7 Å². The lowest BCUT2D eigenvalue weighted by Crippen LogP contribution is -2.40. The van der Waals surface area contributed by atoms with Crippen molar-refractivity contribution in [3.8, 4) is 0 Å². The fraction of sp³-hybridized carbons (Fsp3) is 0.471. The number of benzene rings is 1. The zero-order valence-electron chi connectivity index (χ0n) is 12.8. The van der Waals surface area contributed by atoms with Crippen LogP contribution in [0.5, 0.6) is 0 Å². The number of rotatable bonds is 3. The smallest absolute Gasteiger partial charge is 0.136 e. The summed E-state index contributed by atoms with van der Waals surface area (Å²) in [7, 11) is 0. The normalized spacial score (nSPS) is 16.7. The number of nitrogens with two attached hydrogens (primary N) is 1. The van der Waals surface area contributed by atoms with Gasteiger partial charge in [0, 0.05) is 42.4 Å². The fourth-order valence-electron chi connectivity index (χ4n) is 2.94. The number of aromatic nitrogens is 1. The highest BCUT2D eigenvalue weighted by Gasteiger charge is 2.19. The molecular weight excluding hydrogens is 260 g/mol. The lowest BCUT2D eigenvalue weighted by atomic mass is 10.0. The first-order chi connectivity index (χ1) is 10.1. The van der Waals surface area contributed by atoms with Gasteiger partial charge in [0.05, 0.1) is 0 Å². The first kappa shape index (κ1) is 14.1. The third-order valence-electron chi connectivity index (χ3n) is 4.04. The van der Waals surface area contributed by atoms with Crippen LogP contribution in [0.3, 0.4) is 0 Å². The number of fused-ring (bicyclic) bond motifs is 1. The molecule has 0 atom stereocenters. The molecule has 0 saturated carbocycles. The molecule has 0 radical (unpaired) electrons. The van der Waals surface area contributed by atoms with Gasteiger partial charge in [-0.2, -0.15) is 0 Å². The number of hydrogen-bond donors (Lipinski definition) is 2. The maximum atomic E-state index is 6.01. The minimum absolute atomic E-state index is 0.342. The minimum atomic E-state index is 0.342. The summed E-state index contributed by atoms with van der Waals surface area (Å²) < 4.78 is 0. The average molecular weight is 284 g/mol. The number of anilines is 2. The molecule has 0 bridgehead atoms. The van der Waals surface area contributed by atoms with Crippen LogP contribution in [0, 0.1) is 0 Å². The molecule has 1 fully saturated rings. The molecule has 0 amide bonds. The Labute approximate surface area is 126 Å². The molecule has 112 valence electrons. The van der Waals surface area contributed by atoms with Gasteiger partial charge in [-0.15, -0.1) is 0 Å². The maximum Gasteiger partial charge on any atom is 0.136 e. The first-order valence-corrected chi connectivity index (χ1v) is 7.79. The number of piperidine rings is 1. The van der Waals surface area contributed by atoms with E-state index in [1.165, 1.54) is 10.8 Å². The largest absolute Gasteiger partial charge is 0.383 e. The molecule has 1 aliphatic rings. The predicted octanol–water partition coefficient (Wildman–Crippen LogP) is 2.98. The van der Waals surface area contributed by atoms with Gasteiger partial charge in [0.15, 0.2) is 0 Å². The molecule has 1 saturated heterocycles. The molecule has 0 spiro atoms. The molecule has 2 aromatic rings. The van der Waals surface area contributed by atoms with Crippen LogP contribution in [0.2, 0.25) is 0 Å². The van der Waals surface area contributed by atoms with Crippen LogP contribution in [-0.4, -0.2) is 30.2 Å². The summed E-state index contributed by atoms with van der Waals surface area (Å²) >= 11 is 0. The van der Waals surface area contributed by atoms with Crippen molar-refractivity contribution in [2.75, 3.05) is 23.3 Å². The molecule has 2 heterocycles. The summed E-state index contributed by atoms with van der Waals surface area (Å²) in [6, 6.07) is 9.36. The molecule has 4 heteroatoms. The van der Waals surface area contributed by atoms with E-state index in [0.29, 0.717) is 12.1 Å². The maximum absolute atomic E-state index is 6.01. The van der Waals surface area contributed by atoms with E-state index >= 15 is 0 Å². The van der Waals surface area contributed by atoms with Crippen LogP contribution in [0.25, 0.3) is 10.8 Å².